The molecule has 0 saturated carbocycles. The summed E-state index contributed by atoms with van der Waals surface area (Å²) >= 11 is 1.18. The van der Waals surface area contributed by atoms with Crippen molar-refractivity contribution in [3.63, 3.8) is 0 Å². The standard InChI is InChI=1S/C23H24F2N2O4S/c1-3-13-31-16-7-5-15(6-8-16)27(20(28)11-12-21(29)30-4-2)14-19-26-23-18(32-19)10-9-17(24)22(23)25/h5-10H,3-4,11-14H2,1-2H3. The quantitative estimate of drug-likeness (QED) is 0.386. The van der Waals surface area contributed by atoms with Gasteiger partial charge in [0.15, 0.2) is 11.6 Å². The molecule has 170 valence electrons. The van der Waals surface area contributed by atoms with E-state index in [-0.39, 0.29) is 37.4 Å². The Labute approximate surface area is 188 Å². The second-order valence-electron chi connectivity index (χ2n) is 6.94. The summed E-state index contributed by atoms with van der Waals surface area (Å²) < 4.78 is 38.6. The summed E-state index contributed by atoms with van der Waals surface area (Å²) in [7, 11) is 0. The van der Waals surface area contributed by atoms with E-state index in [1.54, 1.807) is 31.2 Å². The number of benzene rings is 2. The molecule has 32 heavy (non-hydrogen) atoms. The fourth-order valence-electron chi connectivity index (χ4n) is 3.03. The Balaban J connectivity index is 1.85. The van der Waals surface area contributed by atoms with Crippen LogP contribution in [0.1, 0.15) is 38.1 Å². The fourth-order valence-corrected chi connectivity index (χ4v) is 3.98. The average Bonchev–Trinajstić information content (AvgIpc) is 3.21. The lowest BCUT2D eigenvalue weighted by atomic mass is 10.2. The smallest absolute Gasteiger partial charge is 0.306 e. The van der Waals surface area contributed by atoms with Crippen molar-refractivity contribution >= 4 is 39.1 Å². The van der Waals surface area contributed by atoms with Crippen LogP contribution in [0.15, 0.2) is 36.4 Å². The number of carbonyl (C=O) groups is 2. The van der Waals surface area contributed by atoms with E-state index in [9.17, 15) is 18.4 Å². The third-order valence-corrected chi connectivity index (χ3v) is 5.57. The molecule has 0 bridgehead atoms. The van der Waals surface area contributed by atoms with Crippen LogP contribution in [-0.2, 0) is 20.9 Å². The first-order valence-electron chi connectivity index (χ1n) is 10.3. The van der Waals surface area contributed by atoms with Gasteiger partial charge in [-0.25, -0.2) is 13.8 Å². The first kappa shape index (κ1) is 23.6. The lowest BCUT2D eigenvalue weighted by Gasteiger charge is -2.22. The molecule has 0 fully saturated rings. The zero-order chi connectivity index (χ0) is 23.1. The number of esters is 1. The molecule has 0 unspecified atom stereocenters. The Morgan fingerprint density at radius 3 is 2.50 bits per heavy atom. The van der Waals surface area contributed by atoms with Crippen LogP contribution in [0.5, 0.6) is 5.75 Å². The Hall–Kier alpha value is -3.07. The number of ether oxygens (including phenoxy) is 2. The van der Waals surface area contributed by atoms with Gasteiger partial charge in [0.2, 0.25) is 5.91 Å². The Bertz CT molecular complexity index is 1090. The molecule has 0 aliphatic heterocycles. The van der Waals surface area contributed by atoms with Crippen LogP contribution in [0.25, 0.3) is 10.2 Å². The van der Waals surface area contributed by atoms with E-state index in [2.05, 4.69) is 4.98 Å². The third kappa shape index (κ3) is 5.79. The molecule has 0 aliphatic rings. The summed E-state index contributed by atoms with van der Waals surface area (Å²) in [6.07, 6.45) is 0.760. The number of fused-ring (bicyclic) bond motifs is 1. The summed E-state index contributed by atoms with van der Waals surface area (Å²) in [5.41, 5.74) is 0.515. The Kier molecular flexibility index (Phi) is 8.10. The van der Waals surface area contributed by atoms with Gasteiger partial charge in [-0.1, -0.05) is 6.92 Å². The molecule has 1 aromatic heterocycles. The maximum atomic E-state index is 14.1. The van der Waals surface area contributed by atoms with Crippen molar-refractivity contribution in [1.82, 2.24) is 4.98 Å². The third-order valence-electron chi connectivity index (χ3n) is 4.56. The molecule has 2 aromatic carbocycles. The number of anilines is 1. The van der Waals surface area contributed by atoms with E-state index in [4.69, 9.17) is 9.47 Å². The van der Waals surface area contributed by atoms with Gasteiger partial charge in [0.25, 0.3) is 0 Å². The van der Waals surface area contributed by atoms with E-state index >= 15 is 0 Å². The molecular formula is C23H24F2N2O4S. The van der Waals surface area contributed by atoms with Crippen molar-refractivity contribution in [3.05, 3.63) is 53.0 Å². The van der Waals surface area contributed by atoms with E-state index in [0.29, 0.717) is 27.8 Å². The van der Waals surface area contributed by atoms with Gasteiger partial charge in [0.05, 0.1) is 30.9 Å². The zero-order valence-corrected chi connectivity index (χ0v) is 18.7. The summed E-state index contributed by atoms with van der Waals surface area (Å²) in [4.78, 5) is 30.3. The predicted molar refractivity (Wildman–Crippen MR) is 119 cm³/mol. The van der Waals surface area contributed by atoms with Gasteiger partial charge in [0.1, 0.15) is 16.3 Å². The fraction of sp³-hybridized carbons (Fsp3) is 0.348. The molecule has 1 heterocycles. The second kappa shape index (κ2) is 11.0. The van der Waals surface area contributed by atoms with Gasteiger partial charge in [-0.15, -0.1) is 11.3 Å². The number of rotatable bonds is 10. The zero-order valence-electron chi connectivity index (χ0n) is 17.9. The summed E-state index contributed by atoms with van der Waals surface area (Å²) in [5.74, 6) is -2.08. The molecule has 0 N–H and O–H groups in total. The van der Waals surface area contributed by atoms with E-state index in [1.165, 1.54) is 22.3 Å². The number of nitrogens with zero attached hydrogens (tertiary/aromatic N) is 2. The molecule has 0 atom stereocenters. The maximum absolute atomic E-state index is 14.1. The maximum Gasteiger partial charge on any atom is 0.306 e. The van der Waals surface area contributed by atoms with Gasteiger partial charge >= 0.3 is 5.97 Å². The Morgan fingerprint density at radius 2 is 1.81 bits per heavy atom. The highest BCUT2D eigenvalue weighted by Gasteiger charge is 2.21. The number of amides is 1. The molecule has 3 aromatic rings. The number of carbonyl (C=O) groups excluding carboxylic acids is 2. The lowest BCUT2D eigenvalue weighted by molar-refractivity contribution is -0.144. The minimum absolute atomic E-state index is 0.0528. The van der Waals surface area contributed by atoms with Crippen LogP contribution in [0.4, 0.5) is 14.5 Å². The van der Waals surface area contributed by atoms with Crippen LogP contribution >= 0.6 is 11.3 Å². The molecule has 3 rings (SSSR count). The molecule has 0 saturated heterocycles. The minimum atomic E-state index is -1.01. The Morgan fingerprint density at radius 1 is 1.06 bits per heavy atom. The van der Waals surface area contributed by atoms with E-state index in [0.717, 1.165) is 12.5 Å². The molecule has 0 aliphatic carbocycles. The summed E-state index contributed by atoms with van der Waals surface area (Å²) in [6.45, 7) is 4.57. The number of aromatic nitrogens is 1. The van der Waals surface area contributed by atoms with Crippen LogP contribution in [0.2, 0.25) is 0 Å². The first-order valence-corrected chi connectivity index (χ1v) is 11.2. The topological polar surface area (TPSA) is 68.7 Å². The number of halogens is 2. The summed E-state index contributed by atoms with van der Waals surface area (Å²) in [5, 5.41) is 0.445. The van der Waals surface area contributed by atoms with E-state index < -0.39 is 17.6 Å². The highest BCUT2D eigenvalue weighted by atomic mass is 32.1. The molecule has 1 amide bonds. The lowest BCUT2D eigenvalue weighted by Crippen LogP contribution is -2.30. The summed E-state index contributed by atoms with van der Waals surface area (Å²) in [6, 6.07) is 9.49. The van der Waals surface area contributed by atoms with Gasteiger partial charge in [-0.05, 0) is 49.7 Å². The van der Waals surface area contributed by atoms with Crippen molar-refractivity contribution < 1.29 is 27.8 Å². The number of hydrogen-bond acceptors (Lipinski definition) is 6. The van der Waals surface area contributed by atoms with Gasteiger partial charge in [0, 0.05) is 12.1 Å². The van der Waals surface area contributed by atoms with Crippen molar-refractivity contribution in [2.45, 2.75) is 39.7 Å². The highest BCUT2D eigenvalue weighted by Crippen LogP contribution is 2.29. The normalized spacial score (nSPS) is 10.9. The van der Waals surface area contributed by atoms with Crippen molar-refractivity contribution in [3.8, 4) is 5.75 Å². The molecule has 0 spiro atoms. The molecule has 6 nitrogen and oxygen atoms in total. The van der Waals surface area contributed by atoms with E-state index in [1.807, 2.05) is 6.92 Å². The largest absolute Gasteiger partial charge is 0.494 e. The first-order chi connectivity index (χ1) is 15.4. The van der Waals surface area contributed by atoms with Crippen LogP contribution in [0.3, 0.4) is 0 Å². The van der Waals surface area contributed by atoms with Crippen LogP contribution in [0, 0.1) is 11.6 Å². The predicted octanol–water partition coefficient (Wildman–Crippen LogP) is 5.24. The van der Waals surface area contributed by atoms with Crippen molar-refractivity contribution in [1.29, 1.82) is 0 Å². The number of thiazole rings is 1. The van der Waals surface area contributed by atoms with Gasteiger partial charge < -0.3 is 14.4 Å². The van der Waals surface area contributed by atoms with Crippen LogP contribution < -0.4 is 9.64 Å². The van der Waals surface area contributed by atoms with Crippen molar-refractivity contribution in [2.75, 3.05) is 18.1 Å². The monoisotopic (exact) mass is 462 g/mol. The van der Waals surface area contributed by atoms with Crippen LogP contribution in [-0.4, -0.2) is 30.1 Å². The average molecular weight is 463 g/mol. The molecule has 9 heteroatoms. The minimum Gasteiger partial charge on any atom is -0.494 e. The second-order valence-corrected chi connectivity index (χ2v) is 8.06. The molecule has 0 radical (unpaired) electrons. The van der Waals surface area contributed by atoms with Gasteiger partial charge in [-0.3, -0.25) is 9.59 Å². The highest BCUT2D eigenvalue weighted by molar-refractivity contribution is 7.18. The number of hydrogen-bond donors (Lipinski definition) is 0. The SMILES string of the molecule is CCCOc1ccc(N(Cc2nc3c(F)c(F)ccc3s2)C(=O)CCC(=O)OCC)cc1. The molecular weight excluding hydrogens is 438 g/mol. The van der Waals surface area contributed by atoms with Gasteiger partial charge in [-0.2, -0.15) is 0 Å². The van der Waals surface area contributed by atoms with Crippen molar-refractivity contribution in [2.24, 2.45) is 0 Å².